The molecule has 9 aromatic rings. The molecular formula is C72H75F7N18O4. The van der Waals surface area contributed by atoms with Crippen LogP contribution in [0, 0.1) is 70.7 Å². The highest BCUT2D eigenvalue weighted by atomic mass is 19.4. The van der Waals surface area contributed by atoms with Gasteiger partial charge in [-0.3, -0.25) is 9.69 Å². The van der Waals surface area contributed by atoms with Crippen LogP contribution in [0.2, 0.25) is 0 Å². The first-order valence-electron chi connectivity index (χ1n) is 33.5. The van der Waals surface area contributed by atoms with Crippen molar-refractivity contribution in [2.75, 3.05) is 76.2 Å². The fraction of sp³-hybridized carbons (Fsp3) is 0.444. The van der Waals surface area contributed by atoms with E-state index in [0.29, 0.717) is 95.8 Å². The second-order valence-electron chi connectivity index (χ2n) is 27.5. The van der Waals surface area contributed by atoms with Crippen molar-refractivity contribution in [1.82, 2.24) is 73.3 Å². The second kappa shape index (κ2) is 27.6. The number of carbonyl (C=O) groups excluding carboxylic acids is 1. The first kappa shape index (κ1) is 69.6. The number of rotatable bonds is 13. The molecule has 3 saturated carbocycles. The molecule has 6 fully saturated rings. The van der Waals surface area contributed by atoms with Crippen molar-refractivity contribution >= 4 is 56.5 Å². The summed E-state index contributed by atoms with van der Waals surface area (Å²) in [5.41, 5.74) is 19.4. The number of fused-ring (bicyclic) bond motifs is 3. The molecule has 15 rings (SSSR count). The van der Waals surface area contributed by atoms with E-state index in [9.17, 15) is 50.8 Å². The summed E-state index contributed by atoms with van der Waals surface area (Å²) < 4.78 is 101. The number of hydrogen-bond donors (Lipinski definition) is 6. The molecule has 0 aromatic carbocycles. The number of likely N-dealkylation sites (tertiary alicyclic amines) is 3. The summed E-state index contributed by atoms with van der Waals surface area (Å²) in [6.45, 7) is 10.2. The van der Waals surface area contributed by atoms with Gasteiger partial charge in [-0.15, -0.1) is 0 Å². The third kappa shape index (κ3) is 15.6. The van der Waals surface area contributed by atoms with E-state index < -0.39 is 46.9 Å². The van der Waals surface area contributed by atoms with E-state index in [1.807, 2.05) is 21.5 Å². The third-order valence-corrected chi connectivity index (χ3v) is 19.8. The van der Waals surface area contributed by atoms with Crippen LogP contribution in [0.25, 0.3) is 66.5 Å². The number of hydrogen-bond acceptors (Lipinski definition) is 18. The lowest BCUT2D eigenvalue weighted by molar-refractivity contribution is -0.137. The number of aromatic nitrogens is 12. The van der Waals surface area contributed by atoms with Gasteiger partial charge in [0.15, 0.2) is 17.5 Å². The monoisotopic (exact) mass is 1390 g/mol. The fourth-order valence-electron chi connectivity index (χ4n) is 13.4. The summed E-state index contributed by atoms with van der Waals surface area (Å²) >= 11 is 0. The second-order valence-corrected chi connectivity index (χ2v) is 27.5. The number of nitrogen functional groups attached to an aromatic ring is 3. The van der Waals surface area contributed by atoms with Crippen LogP contribution in [-0.2, 0) is 4.79 Å². The normalized spacial score (nSPS) is 19.7. The molecule has 5 unspecified atom stereocenters. The van der Waals surface area contributed by atoms with Gasteiger partial charge in [0.2, 0.25) is 23.8 Å². The molecule has 1 amide bonds. The van der Waals surface area contributed by atoms with E-state index in [2.05, 4.69) is 89.8 Å². The van der Waals surface area contributed by atoms with Crippen LogP contribution in [-0.4, -0.2) is 176 Å². The molecule has 9 aromatic heterocycles. The summed E-state index contributed by atoms with van der Waals surface area (Å²) in [6.07, 6.45) is 15.7. The van der Waals surface area contributed by atoms with Gasteiger partial charge in [0, 0.05) is 123 Å². The Balaban J connectivity index is 0.000000136. The highest BCUT2D eigenvalue weighted by Crippen LogP contribution is 2.43. The van der Waals surface area contributed by atoms with Crippen LogP contribution in [0.3, 0.4) is 0 Å². The molecule has 0 spiro atoms. The number of nitrogens with two attached hydrogens (primary N) is 3. The molecule has 526 valence electrons. The van der Waals surface area contributed by atoms with E-state index in [1.54, 1.807) is 73.6 Å². The van der Waals surface area contributed by atoms with Gasteiger partial charge >= 0.3 is 6.18 Å². The highest BCUT2D eigenvalue weighted by molar-refractivity contribution is 5.98. The predicted molar refractivity (Wildman–Crippen MR) is 364 cm³/mol. The molecule has 5 atom stereocenters. The average molecular weight is 1390 g/mol. The summed E-state index contributed by atoms with van der Waals surface area (Å²) in [4.78, 5) is 54.1. The Hall–Kier alpha value is -9.83. The number of halogens is 7. The lowest BCUT2D eigenvalue weighted by atomic mass is 10.0. The van der Waals surface area contributed by atoms with Crippen molar-refractivity contribution < 1.29 is 50.8 Å². The first-order valence-corrected chi connectivity index (χ1v) is 33.5. The SMILES string of the molecule is CC(=O)N1CC(n2cc(-c3nc(N)ncc3F)c3cc(C#CC(C)(O)C4CC4)ncc32)C1.CC(O)(C#Cc1cc2c(-c3nc(N)ncc3F)cn(C3CCN(CCC(F)(F)F)C3)c2cn1)C1CC1.CC(O)(C#Cc1cc2c(-c3nc(N)ncc3F)cn(C3CCN(CCF)C3)c2cn1)C1CC1. The van der Waals surface area contributed by atoms with Crippen LogP contribution in [0.15, 0.2) is 74.0 Å². The van der Waals surface area contributed by atoms with Gasteiger partial charge in [-0.2, -0.15) is 13.2 Å². The van der Waals surface area contributed by atoms with Crippen molar-refractivity contribution in [3.05, 3.63) is 109 Å². The van der Waals surface area contributed by atoms with Crippen LogP contribution >= 0.6 is 0 Å². The van der Waals surface area contributed by atoms with Gasteiger partial charge in [0.1, 0.15) is 57.6 Å². The zero-order valence-corrected chi connectivity index (χ0v) is 56.0. The van der Waals surface area contributed by atoms with Crippen LogP contribution < -0.4 is 17.2 Å². The quantitative estimate of drug-likeness (QED) is 0.0463. The molecule has 29 heteroatoms. The molecule has 3 saturated heterocycles. The maximum atomic E-state index is 14.8. The molecule has 22 nitrogen and oxygen atoms in total. The van der Waals surface area contributed by atoms with E-state index >= 15 is 0 Å². The standard InChI is InChI=1S/C25H26F4N6O.C24H26F2N6O.C23H23FN6O2/c1-24(36,15-2-3-15)6-4-16-10-18-19(22-20(26)11-32-23(30)33-22)14-35(21(18)12-31-16)17-5-8-34(13-17)9-7-25(27,28)29;1-24(33,15-2-3-15)6-4-16-10-18-19(22-20(26)11-29-23(27)30-22)14-32(21(18)12-28-16)17-5-8-31(13-17)9-7-25;1-13(31)29-10-16(11-29)30-12-18(21-19(24)8-27-22(25)28-21)17-7-15(26-9-20(17)30)5-6-23(2,32)14-3-4-14/h10-12,14-15,17,36H,2-3,5,7-9,13H2,1H3,(H2,30,32,33);10-12,14-15,17,33H,2-3,5,7-9,13H2,1H3,(H2,27,29,30);7-9,12,14,16,32H,3-4,10-11H2,1-2H3,(H2,25,27,28). The van der Waals surface area contributed by atoms with Gasteiger partial charge in [0.05, 0.1) is 66.2 Å². The molecule has 6 aliphatic rings. The number of anilines is 3. The summed E-state index contributed by atoms with van der Waals surface area (Å²) in [5.74, 6) is 16.3. The number of alkyl halides is 4. The number of amides is 1. The van der Waals surface area contributed by atoms with Gasteiger partial charge < -0.3 is 56.0 Å². The largest absolute Gasteiger partial charge is 0.390 e. The molecule has 3 aliphatic carbocycles. The van der Waals surface area contributed by atoms with Crippen molar-refractivity contribution in [3.63, 3.8) is 0 Å². The van der Waals surface area contributed by atoms with Gasteiger partial charge in [-0.05, 0) is 126 Å². The molecule has 9 N–H and O–H groups in total. The summed E-state index contributed by atoms with van der Waals surface area (Å²) in [6, 6.07) is 5.31. The van der Waals surface area contributed by atoms with Gasteiger partial charge in [0.25, 0.3) is 0 Å². The smallest absolute Gasteiger partial charge is 0.378 e. The lowest BCUT2D eigenvalue weighted by Crippen LogP contribution is -2.49. The number of aliphatic hydroxyl groups is 3. The Labute approximate surface area is 576 Å². The highest BCUT2D eigenvalue weighted by Gasteiger charge is 2.41. The Morgan fingerprint density at radius 3 is 1.16 bits per heavy atom. The maximum Gasteiger partial charge on any atom is 0.390 e. The summed E-state index contributed by atoms with van der Waals surface area (Å²) in [7, 11) is 0. The topological polar surface area (TPSA) is 296 Å². The van der Waals surface area contributed by atoms with Crippen molar-refractivity contribution in [3.8, 4) is 69.3 Å². The molecule has 101 heavy (non-hydrogen) atoms. The Morgan fingerprint density at radius 2 is 0.842 bits per heavy atom. The maximum absolute atomic E-state index is 14.8. The van der Waals surface area contributed by atoms with Crippen LogP contribution in [0.1, 0.15) is 121 Å². The minimum atomic E-state index is -4.21. The van der Waals surface area contributed by atoms with Crippen molar-refractivity contribution in [1.29, 1.82) is 0 Å². The third-order valence-electron chi connectivity index (χ3n) is 19.8. The van der Waals surface area contributed by atoms with Gasteiger partial charge in [-0.25, -0.2) is 62.4 Å². The van der Waals surface area contributed by atoms with Crippen molar-refractivity contribution in [2.45, 2.75) is 127 Å². The average Bonchev–Trinajstić information content (AvgIpc) is 1.62. The van der Waals surface area contributed by atoms with Crippen LogP contribution in [0.4, 0.5) is 48.6 Å². The zero-order valence-electron chi connectivity index (χ0n) is 56.0. The lowest BCUT2D eigenvalue weighted by Gasteiger charge is -2.39. The number of carbonyl (C=O) groups is 1. The Kier molecular flexibility index (Phi) is 19.0. The Bertz CT molecular complexity index is 4860. The summed E-state index contributed by atoms with van der Waals surface area (Å²) in [5, 5.41) is 33.6. The van der Waals surface area contributed by atoms with Crippen LogP contribution in [0.5, 0.6) is 0 Å². The molecule has 3 aliphatic heterocycles. The van der Waals surface area contributed by atoms with E-state index in [1.165, 1.54) is 6.92 Å². The van der Waals surface area contributed by atoms with E-state index in [0.717, 1.165) is 86.5 Å². The molecule has 0 bridgehead atoms. The van der Waals surface area contributed by atoms with Gasteiger partial charge in [-0.1, -0.05) is 17.8 Å². The number of nitrogens with zero attached hydrogens (tertiary/aromatic N) is 15. The molecule has 12 heterocycles. The van der Waals surface area contributed by atoms with E-state index in [4.69, 9.17) is 17.2 Å². The fourth-order valence-corrected chi connectivity index (χ4v) is 13.4. The molecule has 0 radical (unpaired) electrons. The zero-order chi connectivity index (χ0) is 71.4. The molecular weight excluding hydrogens is 1310 g/mol. The van der Waals surface area contributed by atoms with Crippen molar-refractivity contribution in [2.24, 2.45) is 17.8 Å². The minimum absolute atomic E-state index is 0.0168. The first-order chi connectivity index (χ1) is 48.1. The minimum Gasteiger partial charge on any atom is -0.378 e. The Morgan fingerprint density at radius 1 is 0.505 bits per heavy atom. The number of pyridine rings is 3. The van der Waals surface area contributed by atoms with E-state index in [-0.39, 0.29) is 89.9 Å². The predicted octanol–water partition coefficient (Wildman–Crippen LogP) is 9.00.